The van der Waals surface area contributed by atoms with E-state index in [1.807, 2.05) is 12.1 Å². The minimum absolute atomic E-state index is 0. The molecule has 0 bridgehead atoms. The van der Waals surface area contributed by atoms with Crippen LogP contribution in [0, 0.1) is 5.92 Å². The van der Waals surface area contributed by atoms with E-state index in [2.05, 4.69) is 22.3 Å². The maximum absolute atomic E-state index is 12.7. The van der Waals surface area contributed by atoms with Crippen molar-refractivity contribution in [3.8, 4) is 11.1 Å². The zero-order chi connectivity index (χ0) is 18.9. The Morgan fingerprint density at radius 2 is 1.43 bits per heavy atom. The fraction of sp³-hybridized carbons (Fsp3) is 0.455. The van der Waals surface area contributed by atoms with Crippen LogP contribution in [0.5, 0.6) is 0 Å². The molecule has 2 fully saturated rings. The van der Waals surface area contributed by atoms with Gasteiger partial charge in [0.15, 0.2) is 0 Å². The highest BCUT2D eigenvalue weighted by molar-refractivity contribution is 5.85. The molecular formula is C22H26ClF3N2. The molecule has 2 aromatic carbocycles. The second-order valence-electron chi connectivity index (χ2n) is 7.68. The lowest BCUT2D eigenvalue weighted by atomic mass is 9.95. The summed E-state index contributed by atoms with van der Waals surface area (Å²) in [5.74, 6) is 0.847. The molecule has 2 aromatic rings. The maximum atomic E-state index is 12.7. The van der Waals surface area contributed by atoms with Crippen LogP contribution in [0.3, 0.4) is 0 Å². The molecule has 6 heteroatoms. The van der Waals surface area contributed by atoms with Crippen molar-refractivity contribution >= 4 is 12.4 Å². The van der Waals surface area contributed by atoms with Gasteiger partial charge in [-0.15, -0.1) is 12.4 Å². The predicted molar refractivity (Wildman–Crippen MR) is 109 cm³/mol. The molecule has 2 aliphatic rings. The largest absolute Gasteiger partial charge is 0.416 e. The predicted octanol–water partition coefficient (Wildman–Crippen LogP) is 5.54. The quantitative estimate of drug-likeness (QED) is 0.696. The molecule has 0 radical (unpaired) electrons. The first-order valence-electron chi connectivity index (χ1n) is 9.73. The Morgan fingerprint density at radius 1 is 0.893 bits per heavy atom. The van der Waals surface area contributed by atoms with E-state index in [-0.39, 0.29) is 12.4 Å². The van der Waals surface area contributed by atoms with E-state index in [0.29, 0.717) is 6.04 Å². The van der Waals surface area contributed by atoms with Gasteiger partial charge in [-0.1, -0.05) is 49.2 Å². The molecule has 1 N–H and O–H groups in total. The lowest BCUT2D eigenvalue weighted by Crippen LogP contribution is -2.45. The van der Waals surface area contributed by atoms with Crippen molar-refractivity contribution in [3.05, 3.63) is 59.7 Å². The van der Waals surface area contributed by atoms with E-state index >= 15 is 0 Å². The second kappa shape index (κ2) is 8.85. The van der Waals surface area contributed by atoms with Crippen molar-refractivity contribution in [1.29, 1.82) is 0 Å². The Bertz CT molecular complexity index is 749. The van der Waals surface area contributed by atoms with Crippen LogP contribution in [0.2, 0.25) is 0 Å². The molecule has 28 heavy (non-hydrogen) atoms. The van der Waals surface area contributed by atoms with E-state index in [1.165, 1.54) is 24.8 Å². The van der Waals surface area contributed by atoms with Crippen LogP contribution in [0.1, 0.15) is 36.4 Å². The lowest BCUT2D eigenvalue weighted by Gasteiger charge is -2.35. The van der Waals surface area contributed by atoms with Crippen LogP contribution in [0.25, 0.3) is 11.1 Å². The number of piperazine rings is 1. The standard InChI is InChI=1S/C22H25F3N2.ClH/c23-22(24,25)20-9-7-18(8-10-20)17-3-5-19(6-4-17)21(15-16-1-2-16)27-13-11-26-12-14-27;/h3-10,16,21,26H,1-2,11-15H2;1H/t21-;/m1./s1. The smallest absolute Gasteiger partial charge is 0.314 e. The van der Waals surface area contributed by atoms with Crippen molar-refractivity contribution in [2.75, 3.05) is 26.2 Å². The van der Waals surface area contributed by atoms with Gasteiger partial charge in [0.25, 0.3) is 0 Å². The first-order chi connectivity index (χ1) is 13.0. The van der Waals surface area contributed by atoms with Crippen LogP contribution in [0.4, 0.5) is 13.2 Å². The summed E-state index contributed by atoms with van der Waals surface area (Å²) in [5.41, 5.74) is 2.49. The van der Waals surface area contributed by atoms with Crippen molar-refractivity contribution in [1.82, 2.24) is 10.2 Å². The average Bonchev–Trinajstić information content (AvgIpc) is 3.51. The minimum atomic E-state index is -4.29. The van der Waals surface area contributed by atoms with Gasteiger partial charge in [0, 0.05) is 32.2 Å². The second-order valence-corrected chi connectivity index (χ2v) is 7.68. The number of hydrogen-bond acceptors (Lipinski definition) is 2. The Balaban J connectivity index is 0.00000225. The van der Waals surface area contributed by atoms with Gasteiger partial charge in [-0.25, -0.2) is 0 Å². The zero-order valence-electron chi connectivity index (χ0n) is 15.7. The SMILES string of the molecule is Cl.FC(F)(F)c1ccc(-c2ccc([C@@H](CC3CC3)N3CCNCC3)cc2)cc1. The number of nitrogens with one attached hydrogen (secondary N) is 1. The van der Waals surface area contributed by atoms with Crippen molar-refractivity contribution in [3.63, 3.8) is 0 Å². The molecule has 0 amide bonds. The average molecular weight is 411 g/mol. The summed E-state index contributed by atoms with van der Waals surface area (Å²) in [6, 6.07) is 14.2. The Morgan fingerprint density at radius 3 is 1.93 bits per heavy atom. The third-order valence-corrected chi connectivity index (χ3v) is 5.69. The highest BCUT2D eigenvalue weighted by atomic mass is 35.5. The summed E-state index contributed by atoms with van der Waals surface area (Å²) in [5, 5.41) is 3.41. The van der Waals surface area contributed by atoms with Crippen LogP contribution in [-0.2, 0) is 6.18 Å². The molecule has 1 saturated carbocycles. The van der Waals surface area contributed by atoms with E-state index in [1.54, 1.807) is 12.1 Å². The maximum Gasteiger partial charge on any atom is 0.416 e. The fourth-order valence-electron chi connectivity index (χ4n) is 3.91. The van der Waals surface area contributed by atoms with Gasteiger partial charge >= 0.3 is 6.18 Å². The summed E-state index contributed by atoms with van der Waals surface area (Å²) in [4.78, 5) is 2.57. The lowest BCUT2D eigenvalue weighted by molar-refractivity contribution is -0.137. The third-order valence-electron chi connectivity index (χ3n) is 5.69. The molecule has 1 heterocycles. The van der Waals surface area contributed by atoms with Gasteiger partial charge in [-0.3, -0.25) is 4.90 Å². The monoisotopic (exact) mass is 410 g/mol. The molecule has 4 rings (SSSR count). The molecule has 1 aliphatic heterocycles. The number of rotatable bonds is 5. The Labute approximate surface area is 170 Å². The molecular weight excluding hydrogens is 385 g/mol. The topological polar surface area (TPSA) is 15.3 Å². The third kappa shape index (κ3) is 5.07. The molecule has 0 aromatic heterocycles. The molecule has 1 aliphatic carbocycles. The van der Waals surface area contributed by atoms with Gasteiger partial charge in [-0.2, -0.15) is 13.2 Å². The van der Waals surface area contributed by atoms with Crippen molar-refractivity contribution < 1.29 is 13.2 Å². The highest BCUT2D eigenvalue weighted by Gasteiger charge is 2.31. The Hall–Kier alpha value is -1.56. The van der Waals surface area contributed by atoms with Gasteiger partial charge in [0.2, 0.25) is 0 Å². The fourth-order valence-corrected chi connectivity index (χ4v) is 3.91. The molecule has 0 unspecified atom stereocenters. The summed E-state index contributed by atoms with van der Waals surface area (Å²) in [7, 11) is 0. The van der Waals surface area contributed by atoms with Crippen LogP contribution in [-0.4, -0.2) is 31.1 Å². The van der Waals surface area contributed by atoms with E-state index in [4.69, 9.17) is 0 Å². The molecule has 1 atom stereocenters. The highest BCUT2D eigenvalue weighted by Crippen LogP contribution is 2.40. The van der Waals surface area contributed by atoms with Crippen LogP contribution in [0.15, 0.2) is 48.5 Å². The van der Waals surface area contributed by atoms with Gasteiger partial charge in [0.05, 0.1) is 5.56 Å². The van der Waals surface area contributed by atoms with Crippen LogP contribution < -0.4 is 5.32 Å². The summed E-state index contributed by atoms with van der Waals surface area (Å²) < 4.78 is 38.2. The minimum Gasteiger partial charge on any atom is -0.314 e. The summed E-state index contributed by atoms with van der Waals surface area (Å²) in [6.07, 6.45) is -0.403. The molecule has 0 spiro atoms. The summed E-state index contributed by atoms with van der Waals surface area (Å²) >= 11 is 0. The van der Waals surface area contributed by atoms with Crippen molar-refractivity contribution in [2.24, 2.45) is 5.92 Å². The normalized spacial score (nSPS) is 19.1. The van der Waals surface area contributed by atoms with E-state index in [0.717, 1.165) is 55.4 Å². The number of benzene rings is 2. The first-order valence-corrected chi connectivity index (χ1v) is 9.73. The number of hydrogen-bond donors (Lipinski definition) is 1. The van der Waals surface area contributed by atoms with Gasteiger partial charge in [0.1, 0.15) is 0 Å². The van der Waals surface area contributed by atoms with Gasteiger partial charge in [-0.05, 0) is 41.2 Å². The molecule has 2 nitrogen and oxygen atoms in total. The van der Waals surface area contributed by atoms with Gasteiger partial charge < -0.3 is 5.32 Å². The van der Waals surface area contributed by atoms with E-state index < -0.39 is 11.7 Å². The number of nitrogens with zero attached hydrogens (tertiary/aromatic N) is 1. The van der Waals surface area contributed by atoms with E-state index in [9.17, 15) is 13.2 Å². The molecule has 1 saturated heterocycles. The molecule has 152 valence electrons. The summed E-state index contributed by atoms with van der Waals surface area (Å²) in [6.45, 7) is 4.20. The van der Waals surface area contributed by atoms with Crippen molar-refractivity contribution in [2.45, 2.75) is 31.5 Å². The zero-order valence-corrected chi connectivity index (χ0v) is 16.5. The number of alkyl halides is 3. The first kappa shape index (κ1) is 21.2. The van der Waals surface area contributed by atoms with Crippen LogP contribution >= 0.6 is 12.4 Å². The Kier molecular flexibility index (Phi) is 6.69. The number of halogens is 4.